The van der Waals surface area contributed by atoms with E-state index in [0.29, 0.717) is 12.0 Å². The highest BCUT2D eigenvalue weighted by atomic mass is 16.4. The number of aliphatic carboxylic acids is 1. The van der Waals surface area contributed by atoms with Crippen molar-refractivity contribution in [3.8, 4) is 5.75 Å². The molecular weight excluding hydrogens is 272 g/mol. The van der Waals surface area contributed by atoms with E-state index in [1.54, 1.807) is 19.1 Å². The highest BCUT2D eigenvalue weighted by Crippen LogP contribution is 2.20. The van der Waals surface area contributed by atoms with E-state index in [1.807, 2.05) is 6.92 Å². The largest absolute Gasteiger partial charge is 0.508 e. The lowest BCUT2D eigenvalue weighted by Gasteiger charge is -2.27. The number of hydrogen-bond donors (Lipinski definition) is 4. The highest BCUT2D eigenvalue weighted by Gasteiger charge is 2.32. The van der Waals surface area contributed by atoms with Gasteiger partial charge >= 0.3 is 5.97 Å². The number of benzene rings is 1. The number of nitrogens with two attached hydrogens (primary N) is 1. The van der Waals surface area contributed by atoms with Gasteiger partial charge in [0.15, 0.2) is 0 Å². The van der Waals surface area contributed by atoms with E-state index in [0.717, 1.165) is 0 Å². The lowest BCUT2D eigenvalue weighted by molar-refractivity contribution is -0.143. The molecule has 116 valence electrons. The van der Waals surface area contributed by atoms with Gasteiger partial charge in [0.1, 0.15) is 11.8 Å². The molecule has 2 atom stereocenters. The Labute approximate surface area is 124 Å². The normalized spacial score (nSPS) is 15.0. The first-order valence-electron chi connectivity index (χ1n) is 6.84. The van der Waals surface area contributed by atoms with Crippen LogP contribution >= 0.6 is 0 Å². The molecule has 0 fully saturated rings. The molecular formula is C15H22N2O4. The molecule has 1 aromatic rings. The Morgan fingerprint density at radius 3 is 2.33 bits per heavy atom. The summed E-state index contributed by atoms with van der Waals surface area (Å²) in [6.45, 7) is 3.70. The van der Waals surface area contributed by atoms with Gasteiger partial charge in [-0.1, -0.05) is 19.1 Å². The number of carboxylic acid groups (broad SMARTS) is 1. The third-order valence-electron chi connectivity index (χ3n) is 3.76. The Balaban J connectivity index is 2.81. The Bertz CT molecular complexity index is 495. The summed E-state index contributed by atoms with van der Waals surface area (Å²) in [5.41, 5.74) is 5.54. The van der Waals surface area contributed by atoms with E-state index >= 15 is 0 Å². The van der Waals surface area contributed by atoms with Crippen LogP contribution in [0.1, 0.15) is 25.8 Å². The number of phenols is 1. The van der Waals surface area contributed by atoms with E-state index < -0.39 is 17.4 Å². The SMILES string of the molecule is CCC(C)(CN)C(=O)N[C@H](Cc1ccc(O)cc1)C(=O)O. The molecule has 0 spiro atoms. The standard InChI is InChI=1S/C15H22N2O4/c1-3-15(2,9-16)14(21)17-12(13(19)20)8-10-4-6-11(18)7-5-10/h4-7,12,18H,3,8-9,16H2,1-2H3,(H,17,21)(H,19,20)/t12-,15?/m1/s1. The molecule has 1 unspecified atom stereocenters. The lowest BCUT2D eigenvalue weighted by atomic mass is 9.86. The molecule has 0 aromatic heterocycles. The molecule has 0 heterocycles. The first kappa shape index (κ1) is 17.0. The molecule has 0 aliphatic carbocycles. The third-order valence-corrected chi connectivity index (χ3v) is 3.76. The van der Waals surface area contributed by atoms with E-state index in [-0.39, 0.29) is 24.6 Å². The number of carbonyl (C=O) groups excluding carboxylic acids is 1. The van der Waals surface area contributed by atoms with Gasteiger partial charge in [-0.3, -0.25) is 4.79 Å². The molecule has 6 nitrogen and oxygen atoms in total. The second-order valence-corrected chi connectivity index (χ2v) is 5.35. The maximum absolute atomic E-state index is 12.2. The average molecular weight is 294 g/mol. The van der Waals surface area contributed by atoms with Crippen molar-refractivity contribution in [2.24, 2.45) is 11.1 Å². The van der Waals surface area contributed by atoms with Crippen molar-refractivity contribution in [3.63, 3.8) is 0 Å². The minimum atomic E-state index is -1.10. The molecule has 0 saturated heterocycles. The molecule has 0 saturated carbocycles. The maximum atomic E-state index is 12.2. The lowest BCUT2D eigenvalue weighted by Crippen LogP contribution is -2.50. The molecule has 5 N–H and O–H groups in total. The number of nitrogens with one attached hydrogen (secondary N) is 1. The van der Waals surface area contributed by atoms with Crippen LogP contribution < -0.4 is 11.1 Å². The van der Waals surface area contributed by atoms with Gasteiger partial charge in [0, 0.05) is 13.0 Å². The van der Waals surface area contributed by atoms with Crippen LogP contribution in [0.15, 0.2) is 24.3 Å². The van der Waals surface area contributed by atoms with Gasteiger partial charge in [0.2, 0.25) is 5.91 Å². The highest BCUT2D eigenvalue weighted by molar-refractivity contribution is 5.87. The van der Waals surface area contributed by atoms with E-state index in [2.05, 4.69) is 5.32 Å². The number of carboxylic acids is 1. The Morgan fingerprint density at radius 2 is 1.90 bits per heavy atom. The Kier molecular flexibility index (Phi) is 5.72. The molecule has 0 aliphatic rings. The van der Waals surface area contributed by atoms with Crippen molar-refractivity contribution < 1.29 is 19.8 Å². The zero-order chi connectivity index (χ0) is 16.0. The van der Waals surface area contributed by atoms with Crippen LogP contribution in [0.4, 0.5) is 0 Å². The van der Waals surface area contributed by atoms with E-state index in [4.69, 9.17) is 5.73 Å². The summed E-state index contributed by atoms with van der Waals surface area (Å²) in [7, 11) is 0. The monoisotopic (exact) mass is 294 g/mol. The molecule has 1 amide bonds. The number of hydrogen-bond acceptors (Lipinski definition) is 4. The van der Waals surface area contributed by atoms with Gasteiger partial charge in [0.05, 0.1) is 5.41 Å². The second-order valence-electron chi connectivity index (χ2n) is 5.35. The van der Waals surface area contributed by atoms with Crippen LogP contribution in [-0.4, -0.2) is 34.7 Å². The van der Waals surface area contributed by atoms with Crippen LogP contribution in [-0.2, 0) is 16.0 Å². The van der Waals surface area contributed by atoms with Crippen LogP contribution in [0.2, 0.25) is 0 Å². The summed E-state index contributed by atoms with van der Waals surface area (Å²) in [6, 6.07) is 5.18. The van der Waals surface area contributed by atoms with E-state index in [1.165, 1.54) is 12.1 Å². The van der Waals surface area contributed by atoms with Crippen LogP contribution in [0.25, 0.3) is 0 Å². The van der Waals surface area contributed by atoms with Gasteiger partial charge < -0.3 is 21.3 Å². The molecule has 6 heteroatoms. The molecule has 1 rings (SSSR count). The van der Waals surface area contributed by atoms with Crippen molar-refractivity contribution >= 4 is 11.9 Å². The van der Waals surface area contributed by atoms with Crippen molar-refractivity contribution in [3.05, 3.63) is 29.8 Å². The summed E-state index contributed by atoms with van der Waals surface area (Å²) in [5, 5.41) is 21.0. The van der Waals surface area contributed by atoms with Gasteiger partial charge in [-0.05, 0) is 31.0 Å². The minimum Gasteiger partial charge on any atom is -0.508 e. The van der Waals surface area contributed by atoms with Gasteiger partial charge in [-0.2, -0.15) is 0 Å². The molecule has 0 aliphatic heterocycles. The fourth-order valence-electron chi connectivity index (χ4n) is 1.80. The fourth-order valence-corrected chi connectivity index (χ4v) is 1.80. The van der Waals surface area contributed by atoms with Gasteiger partial charge in [-0.15, -0.1) is 0 Å². The van der Waals surface area contributed by atoms with Crippen molar-refractivity contribution in [1.29, 1.82) is 0 Å². The van der Waals surface area contributed by atoms with E-state index in [9.17, 15) is 19.8 Å². The number of rotatable bonds is 7. The average Bonchev–Trinajstić information content (AvgIpc) is 2.47. The maximum Gasteiger partial charge on any atom is 0.326 e. The summed E-state index contributed by atoms with van der Waals surface area (Å²) in [5.74, 6) is -1.36. The molecule has 1 aromatic carbocycles. The zero-order valence-corrected chi connectivity index (χ0v) is 12.3. The summed E-state index contributed by atoms with van der Waals surface area (Å²) in [6.07, 6.45) is 0.673. The predicted octanol–water partition coefficient (Wildman–Crippen LogP) is 0.879. The second kappa shape index (κ2) is 7.08. The zero-order valence-electron chi connectivity index (χ0n) is 12.3. The van der Waals surface area contributed by atoms with Crippen LogP contribution in [0.3, 0.4) is 0 Å². The molecule has 21 heavy (non-hydrogen) atoms. The minimum absolute atomic E-state index is 0.108. The fraction of sp³-hybridized carbons (Fsp3) is 0.467. The van der Waals surface area contributed by atoms with Crippen molar-refractivity contribution in [2.45, 2.75) is 32.7 Å². The Hall–Kier alpha value is -2.08. The summed E-state index contributed by atoms with van der Waals surface area (Å²) >= 11 is 0. The first-order chi connectivity index (χ1) is 9.82. The van der Waals surface area contributed by atoms with Gasteiger partial charge in [0.25, 0.3) is 0 Å². The number of aromatic hydroxyl groups is 1. The Morgan fingerprint density at radius 1 is 1.33 bits per heavy atom. The summed E-state index contributed by atoms with van der Waals surface area (Å²) in [4.78, 5) is 23.5. The quantitative estimate of drug-likeness (QED) is 0.596. The van der Waals surface area contributed by atoms with Gasteiger partial charge in [-0.25, -0.2) is 4.79 Å². The smallest absolute Gasteiger partial charge is 0.326 e. The number of phenolic OH excluding ortho intramolecular Hbond substituents is 1. The van der Waals surface area contributed by atoms with Crippen LogP contribution in [0, 0.1) is 5.41 Å². The number of carbonyl (C=O) groups is 2. The number of amides is 1. The first-order valence-corrected chi connectivity index (χ1v) is 6.84. The molecule has 0 radical (unpaired) electrons. The van der Waals surface area contributed by atoms with Crippen molar-refractivity contribution in [1.82, 2.24) is 5.32 Å². The van der Waals surface area contributed by atoms with Crippen molar-refractivity contribution in [2.75, 3.05) is 6.54 Å². The topological polar surface area (TPSA) is 113 Å². The predicted molar refractivity (Wildman–Crippen MR) is 78.8 cm³/mol. The summed E-state index contributed by atoms with van der Waals surface area (Å²) < 4.78 is 0. The van der Waals surface area contributed by atoms with Crippen LogP contribution in [0.5, 0.6) is 5.75 Å². The third kappa shape index (κ3) is 4.46. The molecule has 0 bridgehead atoms.